The van der Waals surface area contributed by atoms with Gasteiger partial charge in [-0.2, -0.15) is 0 Å². The number of hydrogen-bond acceptors (Lipinski definition) is 3. The molecule has 4 aromatic carbocycles. The van der Waals surface area contributed by atoms with Gasteiger partial charge in [-0.1, -0.05) is 78.9 Å². The second kappa shape index (κ2) is 9.96. The van der Waals surface area contributed by atoms with Crippen LogP contribution in [-0.2, 0) is 6.54 Å². The van der Waals surface area contributed by atoms with E-state index in [1.54, 1.807) is 24.3 Å². The maximum Gasteiger partial charge on any atom is 0.214 e. The Morgan fingerprint density at radius 2 is 1.08 bits per heavy atom. The van der Waals surface area contributed by atoms with Crippen LogP contribution >= 0.6 is 7.26 Å². The van der Waals surface area contributed by atoms with Crippen molar-refractivity contribution in [1.82, 2.24) is 9.55 Å². The van der Waals surface area contributed by atoms with Gasteiger partial charge < -0.3 is 4.57 Å². The molecule has 0 saturated carbocycles. The van der Waals surface area contributed by atoms with Gasteiger partial charge in [0.15, 0.2) is 0 Å². The first-order valence-corrected chi connectivity index (χ1v) is 14.9. The Kier molecular flexibility index (Phi) is 6.35. The maximum absolute atomic E-state index is 13.5. The van der Waals surface area contributed by atoms with Crippen LogP contribution in [0.25, 0.3) is 0 Å². The number of carbonyl (C=O) groups is 2. The van der Waals surface area contributed by atoms with E-state index in [1.165, 1.54) is 15.9 Å². The van der Waals surface area contributed by atoms with E-state index in [2.05, 4.69) is 96.0 Å². The number of fused-ring (bicyclic) bond motifs is 2. The summed E-state index contributed by atoms with van der Waals surface area (Å²) in [6, 6.07) is 39.4. The topological polar surface area (TPSA) is 52.0 Å². The third kappa shape index (κ3) is 3.93. The minimum atomic E-state index is -1.98. The second-order valence-electron chi connectivity index (χ2n) is 9.61. The lowest BCUT2D eigenvalue weighted by molar-refractivity contribution is 0.0971. The fraction of sp³-hybridized carbons (Fsp3) is 0.121. The van der Waals surface area contributed by atoms with Gasteiger partial charge in [0.1, 0.15) is 40.4 Å². The Hall–Kier alpha value is -4.14. The molecule has 1 aliphatic carbocycles. The standard InChI is InChI=1S/C33H28N2O2P/c1-24-34-30-31(33(37)29-21-12-11-20-28(29)32(30)36)35(24)22-13-23-38(25-14-5-2-6-15-25,26-16-7-3-8-17-26)27-18-9-4-10-19-27/h2-12,14-21H,13,22-23H2,1H3/q+1. The monoisotopic (exact) mass is 515 g/mol. The third-order valence-electron chi connectivity index (χ3n) is 7.47. The van der Waals surface area contributed by atoms with Gasteiger partial charge in [-0.3, -0.25) is 9.59 Å². The van der Waals surface area contributed by atoms with Crippen molar-refractivity contribution in [1.29, 1.82) is 0 Å². The zero-order valence-electron chi connectivity index (χ0n) is 21.2. The van der Waals surface area contributed by atoms with Crippen molar-refractivity contribution in [2.24, 2.45) is 0 Å². The van der Waals surface area contributed by atoms with Gasteiger partial charge in [0.2, 0.25) is 11.6 Å². The highest BCUT2D eigenvalue weighted by Gasteiger charge is 2.45. The quantitative estimate of drug-likeness (QED) is 0.269. The highest BCUT2D eigenvalue weighted by molar-refractivity contribution is 7.95. The van der Waals surface area contributed by atoms with E-state index >= 15 is 0 Å². The van der Waals surface area contributed by atoms with Crippen LogP contribution in [0, 0.1) is 6.92 Å². The summed E-state index contributed by atoms with van der Waals surface area (Å²) in [6.07, 6.45) is 1.76. The van der Waals surface area contributed by atoms with E-state index in [4.69, 9.17) is 0 Å². The number of benzene rings is 4. The zero-order valence-corrected chi connectivity index (χ0v) is 22.1. The average Bonchev–Trinajstić information content (AvgIpc) is 3.32. The van der Waals surface area contributed by atoms with E-state index in [0.717, 1.165) is 12.6 Å². The number of carbonyl (C=O) groups excluding carboxylic acids is 2. The Morgan fingerprint density at radius 3 is 1.58 bits per heavy atom. The molecule has 1 aliphatic rings. The van der Waals surface area contributed by atoms with Gasteiger partial charge in [0, 0.05) is 24.1 Å². The van der Waals surface area contributed by atoms with Gasteiger partial charge in [0.25, 0.3) is 0 Å². The predicted octanol–water partition coefficient (Wildman–Crippen LogP) is 5.35. The summed E-state index contributed by atoms with van der Waals surface area (Å²) < 4.78 is 1.96. The van der Waals surface area contributed by atoms with Crippen LogP contribution in [0.1, 0.15) is 44.3 Å². The Bertz CT molecular complexity index is 1530. The number of ketones is 2. The molecule has 0 bridgehead atoms. The van der Waals surface area contributed by atoms with Crippen molar-refractivity contribution in [3.63, 3.8) is 0 Å². The van der Waals surface area contributed by atoms with E-state index in [0.29, 0.717) is 29.2 Å². The van der Waals surface area contributed by atoms with E-state index < -0.39 is 7.26 Å². The fourth-order valence-corrected chi connectivity index (χ4v) is 10.0. The van der Waals surface area contributed by atoms with Gasteiger partial charge in [0.05, 0.1) is 6.16 Å². The molecule has 1 aromatic heterocycles. The summed E-state index contributed by atoms with van der Waals surface area (Å²) in [5.74, 6) is 0.412. The summed E-state index contributed by atoms with van der Waals surface area (Å²) in [5, 5.41) is 4.01. The van der Waals surface area contributed by atoms with Crippen molar-refractivity contribution >= 4 is 34.7 Å². The predicted molar refractivity (Wildman–Crippen MR) is 155 cm³/mol. The minimum Gasteiger partial charge on any atom is -0.325 e. The highest BCUT2D eigenvalue weighted by Crippen LogP contribution is 2.55. The number of imidazole rings is 1. The summed E-state index contributed by atoms with van der Waals surface area (Å²) in [6.45, 7) is 2.50. The second-order valence-corrected chi connectivity index (χ2v) is 13.2. The van der Waals surface area contributed by atoms with Gasteiger partial charge in [-0.05, 0) is 43.3 Å². The molecule has 0 fully saturated rings. The summed E-state index contributed by atoms with van der Waals surface area (Å²) in [7, 11) is -1.98. The molecular formula is C33H28N2O2P+. The van der Waals surface area contributed by atoms with E-state index in [-0.39, 0.29) is 17.3 Å². The molecule has 1 heterocycles. The van der Waals surface area contributed by atoms with Crippen molar-refractivity contribution in [2.75, 3.05) is 6.16 Å². The van der Waals surface area contributed by atoms with Crippen LogP contribution in [0.3, 0.4) is 0 Å². The molecule has 186 valence electrons. The molecule has 5 aromatic rings. The molecule has 38 heavy (non-hydrogen) atoms. The highest BCUT2D eigenvalue weighted by atomic mass is 31.2. The number of nitrogens with zero attached hydrogens (tertiary/aromatic N) is 2. The first-order chi connectivity index (χ1) is 18.6. The summed E-state index contributed by atoms with van der Waals surface area (Å²) >= 11 is 0. The Labute approximate surface area is 223 Å². The first-order valence-electron chi connectivity index (χ1n) is 12.9. The fourth-order valence-electron chi connectivity index (χ4n) is 5.71. The molecule has 0 aliphatic heterocycles. The molecule has 0 unspecified atom stereocenters. The summed E-state index contributed by atoms with van der Waals surface area (Å²) in [4.78, 5) is 31.3. The molecular weight excluding hydrogens is 487 g/mol. The largest absolute Gasteiger partial charge is 0.325 e. The van der Waals surface area contributed by atoms with Crippen LogP contribution in [-0.4, -0.2) is 27.3 Å². The molecule has 0 N–H and O–H groups in total. The van der Waals surface area contributed by atoms with Crippen LogP contribution in [0.5, 0.6) is 0 Å². The summed E-state index contributed by atoms with van der Waals surface area (Å²) in [5.41, 5.74) is 1.61. The number of hydrogen-bond donors (Lipinski definition) is 0. The molecule has 0 spiro atoms. The smallest absolute Gasteiger partial charge is 0.214 e. The van der Waals surface area contributed by atoms with Crippen molar-refractivity contribution in [3.05, 3.63) is 144 Å². The lowest BCUT2D eigenvalue weighted by Gasteiger charge is -2.28. The maximum atomic E-state index is 13.5. The molecule has 0 atom stereocenters. The minimum absolute atomic E-state index is 0.119. The normalized spacial score (nSPS) is 12.8. The average molecular weight is 516 g/mol. The third-order valence-corrected chi connectivity index (χ3v) is 12.0. The first kappa shape index (κ1) is 24.2. The van der Waals surface area contributed by atoms with E-state index in [9.17, 15) is 9.59 Å². The number of aryl methyl sites for hydroxylation is 1. The molecule has 4 nitrogen and oxygen atoms in total. The van der Waals surface area contributed by atoms with Crippen LogP contribution in [0.4, 0.5) is 0 Å². The lowest BCUT2D eigenvalue weighted by atomic mass is 9.90. The van der Waals surface area contributed by atoms with Gasteiger partial charge in [-0.15, -0.1) is 0 Å². The van der Waals surface area contributed by atoms with Gasteiger partial charge in [-0.25, -0.2) is 4.98 Å². The number of aromatic nitrogens is 2. The Morgan fingerprint density at radius 1 is 0.632 bits per heavy atom. The van der Waals surface area contributed by atoms with E-state index in [1.807, 2.05) is 11.5 Å². The lowest BCUT2D eigenvalue weighted by Crippen LogP contribution is -2.33. The van der Waals surface area contributed by atoms with Crippen molar-refractivity contribution in [3.8, 4) is 0 Å². The zero-order chi connectivity index (χ0) is 26.1. The van der Waals surface area contributed by atoms with Crippen LogP contribution in [0.2, 0.25) is 0 Å². The van der Waals surface area contributed by atoms with Crippen LogP contribution in [0.15, 0.2) is 115 Å². The number of rotatable bonds is 7. The van der Waals surface area contributed by atoms with Crippen molar-refractivity contribution < 1.29 is 9.59 Å². The SMILES string of the molecule is Cc1nc2c(n1CCC[P+](c1ccccc1)(c1ccccc1)c1ccccc1)C(=O)c1ccccc1C2=O. The molecule has 6 rings (SSSR count). The Balaban J connectivity index is 1.40. The van der Waals surface area contributed by atoms with Crippen LogP contribution < -0.4 is 15.9 Å². The molecule has 5 heteroatoms. The van der Waals surface area contributed by atoms with Crippen molar-refractivity contribution in [2.45, 2.75) is 19.9 Å². The molecule has 0 saturated heterocycles. The molecule has 0 amide bonds. The van der Waals surface area contributed by atoms with Gasteiger partial charge >= 0.3 is 0 Å². The molecule has 0 radical (unpaired) electrons.